The van der Waals surface area contributed by atoms with E-state index in [1.54, 1.807) is 0 Å². The summed E-state index contributed by atoms with van der Waals surface area (Å²) in [6.45, 7) is 5.41. The van der Waals surface area contributed by atoms with Crippen molar-refractivity contribution in [3.05, 3.63) is 41.2 Å². The lowest BCUT2D eigenvalue weighted by molar-refractivity contribution is -0.129. The summed E-state index contributed by atoms with van der Waals surface area (Å²) >= 11 is 0. The molecule has 0 unspecified atom stereocenters. The first-order valence-corrected chi connectivity index (χ1v) is 12.7. The topological polar surface area (TPSA) is 68.0 Å². The monoisotopic (exact) mass is 435 g/mol. The van der Waals surface area contributed by atoms with Gasteiger partial charge in [-0.2, -0.15) is 0 Å². The van der Waals surface area contributed by atoms with Crippen LogP contribution in [0.4, 0.5) is 0 Å². The maximum atomic E-state index is 13.2. The van der Waals surface area contributed by atoms with E-state index in [0.717, 1.165) is 70.0 Å². The number of aromatic hydroxyl groups is 1. The van der Waals surface area contributed by atoms with E-state index in [2.05, 4.69) is 36.4 Å². The van der Waals surface area contributed by atoms with Gasteiger partial charge in [0.15, 0.2) is 0 Å². The van der Waals surface area contributed by atoms with Gasteiger partial charge >= 0.3 is 0 Å². The molecule has 1 N–H and O–H groups in total. The highest BCUT2D eigenvalue weighted by atomic mass is 16.3. The Morgan fingerprint density at radius 1 is 1.25 bits per heavy atom. The standard InChI is InChI=1S/C27H37N3O2/c1-3-4-14-30-17-20(28-29-30)7-5-6-19-16-25(32)27(2)13-12-23-22-11-9-21(31)15-18(22)8-10-24(23)26(19)27/h9,11,15,17,19,23-24,26,31H,3-8,10,12-14,16H2,1-2H3/t19-,23-,24-,26+,27-/m1/s1. The summed E-state index contributed by atoms with van der Waals surface area (Å²) < 4.78 is 1.97. The highest BCUT2D eigenvalue weighted by Gasteiger charge is 2.58. The Bertz CT molecular complexity index is 983. The molecule has 1 aromatic carbocycles. The summed E-state index contributed by atoms with van der Waals surface area (Å²) in [6, 6.07) is 5.96. The van der Waals surface area contributed by atoms with Gasteiger partial charge in [0.1, 0.15) is 11.5 Å². The predicted octanol–water partition coefficient (Wildman–Crippen LogP) is 5.46. The largest absolute Gasteiger partial charge is 0.508 e. The van der Waals surface area contributed by atoms with Gasteiger partial charge in [-0.25, -0.2) is 0 Å². The molecule has 1 heterocycles. The summed E-state index contributed by atoms with van der Waals surface area (Å²) in [5.74, 6) is 3.02. The number of carbonyl (C=O) groups is 1. The number of hydrogen-bond acceptors (Lipinski definition) is 4. The van der Waals surface area contributed by atoms with Crippen molar-refractivity contribution in [2.24, 2.45) is 23.2 Å². The van der Waals surface area contributed by atoms with Crippen LogP contribution < -0.4 is 0 Å². The lowest BCUT2D eigenvalue weighted by Gasteiger charge is -2.50. The van der Waals surface area contributed by atoms with E-state index in [0.29, 0.717) is 35.2 Å². The van der Waals surface area contributed by atoms with E-state index in [9.17, 15) is 9.90 Å². The van der Waals surface area contributed by atoms with Gasteiger partial charge in [-0.05, 0) is 98.3 Å². The number of nitrogens with zero attached hydrogens (tertiary/aromatic N) is 3. The number of benzene rings is 1. The van der Waals surface area contributed by atoms with Crippen molar-refractivity contribution in [3.8, 4) is 5.75 Å². The Balaban J connectivity index is 1.28. The third-order valence-corrected chi connectivity index (χ3v) is 8.89. The van der Waals surface area contributed by atoms with Gasteiger partial charge in [-0.3, -0.25) is 9.48 Å². The van der Waals surface area contributed by atoms with E-state index in [4.69, 9.17) is 0 Å². The van der Waals surface area contributed by atoms with Gasteiger partial charge in [-0.1, -0.05) is 31.5 Å². The Labute approximate surface area is 191 Å². The fourth-order valence-corrected chi connectivity index (χ4v) is 7.32. The van der Waals surface area contributed by atoms with E-state index < -0.39 is 0 Å². The maximum Gasteiger partial charge on any atom is 0.139 e. The summed E-state index contributed by atoms with van der Waals surface area (Å²) in [5.41, 5.74) is 3.70. The average molecular weight is 436 g/mol. The maximum absolute atomic E-state index is 13.2. The van der Waals surface area contributed by atoms with Gasteiger partial charge < -0.3 is 5.11 Å². The number of phenolic OH excluding ortho intramolecular Hbond substituents is 1. The highest BCUT2D eigenvalue weighted by molar-refractivity contribution is 5.87. The molecule has 2 aromatic rings. The van der Waals surface area contributed by atoms with Crippen LogP contribution in [-0.4, -0.2) is 25.9 Å². The zero-order chi connectivity index (χ0) is 22.3. The number of carbonyl (C=O) groups excluding carboxylic acids is 1. The van der Waals surface area contributed by atoms with Crippen molar-refractivity contribution in [1.29, 1.82) is 0 Å². The number of aryl methyl sites for hydroxylation is 3. The number of phenols is 1. The first kappa shape index (κ1) is 21.7. The second-order valence-corrected chi connectivity index (χ2v) is 10.8. The highest BCUT2D eigenvalue weighted by Crippen LogP contribution is 2.62. The Hall–Kier alpha value is -2.17. The minimum Gasteiger partial charge on any atom is -0.508 e. The van der Waals surface area contributed by atoms with Crippen molar-refractivity contribution in [1.82, 2.24) is 15.0 Å². The number of ketones is 1. The number of hydrogen-bond donors (Lipinski definition) is 1. The van der Waals surface area contributed by atoms with Gasteiger partial charge in [0.05, 0.1) is 5.69 Å². The normalized spacial score (nSPS) is 31.2. The number of aromatic nitrogens is 3. The third kappa shape index (κ3) is 3.78. The average Bonchev–Trinajstić information content (AvgIpc) is 3.33. The van der Waals surface area contributed by atoms with Crippen LogP contribution >= 0.6 is 0 Å². The molecule has 0 bridgehead atoms. The van der Waals surface area contributed by atoms with Crippen LogP contribution in [0, 0.1) is 23.2 Å². The minimum absolute atomic E-state index is 0.135. The quantitative estimate of drug-likeness (QED) is 0.627. The van der Waals surface area contributed by atoms with E-state index in [-0.39, 0.29) is 5.41 Å². The fourth-order valence-electron chi connectivity index (χ4n) is 7.32. The van der Waals surface area contributed by atoms with E-state index in [1.165, 1.54) is 17.5 Å². The van der Waals surface area contributed by atoms with Gasteiger partial charge in [0.2, 0.25) is 0 Å². The predicted molar refractivity (Wildman–Crippen MR) is 124 cm³/mol. The molecule has 2 fully saturated rings. The summed E-state index contributed by atoms with van der Waals surface area (Å²) in [7, 11) is 0. The van der Waals surface area contributed by atoms with Crippen molar-refractivity contribution < 1.29 is 9.90 Å². The van der Waals surface area contributed by atoms with Crippen LogP contribution in [0.5, 0.6) is 5.75 Å². The van der Waals surface area contributed by atoms with Gasteiger partial charge in [0.25, 0.3) is 0 Å². The minimum atomic E-state index is -0.135. The van der Waals surface area contributed by atoms with Crippen LogP contribution in [0.3, 0.4) is 0 Å². The number of fused-ring (bicyclic) bond motifs is 5. The molecule has 0 aliphatic heterocycles. The number of rotatable bonds is 7. The van der Waals surface area contributed by atoms with Crippen LogP contribution in [0.15, 0.2) is 24.4 Å². The lowest BCUT2D eigenvalue weighted by atomic mass is 9.54. The molecule has 32 heavy (non-hydrogen) atoms. The third-order valence-electron chi connectivity index (χ3n) is 8.89. The van der Waals surface area contributed by atoms with Gasteiger partial charge in [-0.15, -0.1) is 5.10 Å². The molecule has 2 saturated carbocycles. The molecule has 5 atom stereocenters. The van der Waals surface area contributed by atoms with E-state index in [1.807, 2.05) is 16.8 Å². The second-order valence-electron chi connectivity index (χ2n) is 10.8. The van der Waals surface area contributed by atoms with Crippen LogP contribution in [0.2, 0.25) is 0 Å². The van der Waals surface area contributed by atoms with E-state index >= 15 is 0 Å². The summed E-state index contributed by atoms with van der Waals surface area (Å²) in [5, 5.41) is 18.6. The van der Waals surface area contributed by atoms with Crippen molar-refractivity contribution >= 4 is 5.78 Å². The first-order valence-electron chi connectivity index (χ1n) is 12.7. The molecule has 5 heteroatoms. The molecule has 172 valence electrons. The number of unbranched alkanes of at least 4 members (excludes halogenated alkanes) is 1. The Morgan fingerprint density at radius 3 is 2.97 bits per heavy atom. The van der Waals surface area contributed by atoms with Crippen LogP contribution in [-0.2, 0) is 24.2 Å². The first-order chi connectivity index (χ1) is 15.5. The molecule has 0 radical (unpaired) electrons. The fraction of sp³-hybridized carbons (Fsp3) is 0.667. The Morgan fingerprint density at radius 2 is 2.12 bits per heavy atom. The van der Waals surface area contributed by atoms with Crippen LogP contribution in [0.1, 0.15) is 88.0 Å². The van der Waals surface area contributed by atoms with Crippen molar-refractivity contribution in [2.75, 3.05) is 0 Å². The number of Topliss-reactive ketones (excluding diaryl/α,β-unsaturated/α-hetero) is 1. The molecule has 5 rings (SSSR count). The van der Waals surface area contributed by atoms with Crippen molar-refractivity contribution in [3.63, 3.8) is 0 Å². The lowest BCUT2D eigenvalue weighted by Crippen LogP contribution is -2.44. The Kier molecular flexibility index (Phi) is 5.85. The molecule has 0 saturated heterocycles. The molecule has 1 aromatic heterocycles. The zero-order valence-corrected chi connectivity index (χ0v) is 19.6. The second kappa shape index (κ2) is 8.64. The molecule has 0 spiro atoms. The zero-order valence-electron chi connectivity index (χ0n) is 19.6. The van der Waals surface area contributed by atoms with Crippen molar-refractivity contribution in [2.45, 2.75) is 90.5 Å². The van der Waals surface area contributed by atoms with Gasteiger partial charge in [0, 0.05) is 24.6 Å². The molecule has 3 aliphatic rings. The molecule has 0 amide bonds. The molecular weight excluding hydrogens is 398 g/mol. The SMILES string of the molecule is CCCCn1cc(CCC[C@@H]2CC(=O)[C@@]3(C)CC[C@@H]4c5ccc(O)cc5CC[C@H]4[C@H]23)nn1. The molecular formula is C27H37N3O2. The molecule has 3 aliphatic carbocycles. The van der Waals surface area contributed by atoms with Crippen LogP contribution in [0.25, 0.3) is 0 Å². The molecule has 5 nitrogen and oxygen atoms in total. The summed E-state index contributed by atoms with van der Waals surface area (Å²) in [4.78, 5) is 13.2. The smallest absolute Gasteiger partial charge is 0.139 e. The summed E-state index contributed by atoms with van der Waals surface area (Å²) in [6.07, 6.45) is 12.6.